The van der Waals surface area contributed by atoms with Crippen LogP contribution in [-0.2, 0) is 20.2 Å². The number of hydrogen-bond acceptors (Lipinski definition) is 6. The molecule has 9 heteroatoms. The minimum absolute atomic E-state index is 0.0796. The molecule has 2 aromatic carbocycles. The second-order valence-electron chi connectivity index (χ2n) is 8.66. The Kier molecular flexibility index (Phi) is 8.60. The molecule has 0 aliphatic rings. The molecule has 0 spiro atoms. The molecule has 0 heterocycles. The Morgan fingerprint density at radius 1 is 1.03 bits per heavy atom. The molecule has 2 rings (SSSR count). The van der Waals surface area contributed by atoms with Crippen LogP contribution in [0.1, 0.15) is 33.3 Å². The van der Waals surface area contributed by atoms with Crippen LogP contribution in [0.3, 0.4) is 0 Å². The highest BCUT2D eigenvalue weighted by molar-refractivity contribution is 7.92. The fourth-order valence-electron chi connectivity index (χ4n) is 3.47. The molecule has 0 saturated carbocycles. The largest absolute Gasteiger partial charge is 0.493 e. The monoisotopic (exact) mass is 478 g/mol. The third-order valence-electron chi connectivity index (χ3n) is 5.06. The average Bonchev–Trinajstić information content (AvgIpc) is 2.75. The van der Waals surface area contributed by atoms with Crippen LogP contribution >= 0.6 is 0 Å². The number of anilines is 1. The maximum Gasteiger partial charge on any atom is 0.243 e. The van der Waals surface area contributed by atoms with Gasteiger partial charge >= 0.3 is 0 Å². The SMILES string of the molecule is COc1ccc(N([C@@H](C)C(=O)NCCOc2ccccc2C(C)(C)C)S(C)(=O)=O)cc1OC. The molecule has 0 bridgehead atoms. The zero-order chi connectivity index (χ0) is 24.8. The van der Waals surface area contributed by atoms with Gasteiger partial charge in [-0.25, -0.2) is 8.42 Å². The van der Waals surface area contributed by atoms with Crippen molar-refractivity contribution in [2.45, 2.75) is 39.2 Å². The first-order chi connectivity index (χ1) is 15.4. The van der Waals surface area contributed by atoms with Gasteiger partial charge < -0.3 is 19.5 Å². The molecule has 2 aromatic rings. The van der Waals surface area contributed by atoms with Gasteiger partial charge in [0.25, 0.3) is 0 Å². The van der Waals surface area contributed by atoms with Crippen molar-refractivity contribution in [3.05, 3.63) is 48.0 Å². The van der Waals surface area contributed by atoms with Gasteiger partial charge in [-0.3, -0.25) is 9.10 Å². The Hall–Kier alpha value is -2.94. The lowest BCUT2D eigenvalue weighted by atomic mass is 9.86. The van der Waals surface area contributed by atoms with Gasteiger partial charge in [-0.1, -0.05) is 39.0 Å². The van der Waals surface area contributed by atoms with Crippen molar-refractivity contribution >= 4 is 21.6 Å². The molecule has 8 nitrogen and oxygen atoms in total. The number of rotatable bonds is 10. The van der Waals surface area contributed by atoms with E-state index in [1.54, 1.807) is 12.1 Å². The number of carbonyl (C=O) groups is 1. The van der Waals surface area contributed by atoms with Crippen molar-refractivity contribution in [2.75, 3.05) is 37.9 Å². The van der Waals surface area contributed by atoms with Crippen molar-refractivity contribution in [2.24, 2.45) is 0 Å². The minimum Gasteiger partial charge on any atom is -0.493 e. The van der Waals surface area contributed by atoms with Gasteiger partial charge in [-0.2, -0.15) is 0 Å². The van der Waals surface area contributed by atoms with E-state index >= 15 is 0 Å². The molecule has 1 N–H and O–H groups in total. The molecule has 0 fully saturated rings. The summed E-state index contributed by atoms with van der Waals surface area (Å²) in [7, 11) is -0.809. The summed E-state index contributed by atoms with van der Waals surface area (Å²) in [5.41, 5.74) is 1.29. The second kappa shape index (κ2) is 10.8. The number of amides is 1. The number of carbonyl (C=O) groups excluding carboxylic acids is 1. The fourth-order valence-corrected chi connectivity index (χ4v) is 4.63. The van der Waals surface area contributed by atoms with E-state index in [1.807, 2.05) is 24.3 Å². The van der Waals surface area contributed by atoms with Crippen LogP contribution in [0.4, 0.5) is 5.69 Å². The highest BCUT2D eigenvalue weighted by Crippen LogP contribution is 2.33. The summed E-state index contributed by atoms with van der Waals surface area (Å²) in [4.78, 5) is 12.8. The molecule has 0 unspecified atom stereocenters. The summed E-state index contributed by atoms with van der Waals surface area (Å²) in [5.74, 6) is 1.14. The maximum absolute atomic E-state index is 12.8. The van der Waals surface area contributed by atoms with Gasteiger partial charge in [-0.05, 0) is 36.1 Å². The zero-order valence-electron chi connectivity index (χ0n) is 20.3. The van der Waals surface area contributed by atoms with E-state index in [0.717, 1.165) is 21.9 Å². The molecule has 0 aliphatic carbocycles. The Morgan fingerprint density at radius 2 is 1.67 bits per heavy atom. The summed E-state index contributed by atoms with van der Waals surface area (Å²) >= 11 is 0. The van der Waals surface area contributed by atoms with E-state index in [2.05, 4.69) is 26.1 Å². The summed E-state index contributed by atoms with van der Waals surface area (Å²) in [6.07, 6.45) is 1.06. The molecule has 182 valence electrons. The molecule has 33 heavy (non-hydrogen) atoms. The van der Waals surface area contributed by atoms with Crippen molar-refractivity contribution in [3.63, 3.8) is 0 Å². The Bertz CT molecular complexity index is 1060. The normalized spacial score (nSPS) is 12.6. The molecule has 0 saturated heterocycles. The van der Waals surface area contributed by atoms with Crippen LogP contribution in [0.15, 0.2) is 42.5 Å². The maximum atomic E-state index is 12.8. The van der Waals surface area contributed by atoms with Crippen molar-refractivity contribution in [1.82, 2.24) is 5.32 Å². The third kappa shape index (κ3) is 6.77. The summed E-state index contributed by atoms with van der Waals surface area (Å²) in [6, 6.07) is 11.5. The molecular weight excluding hydrogens is 444 g/mol. The summed E-state index contributed by atoms with van der Waals surface area (Å²) in [5, 5.41) is 2.76. The number of methoxy groups -OCH3 is 2. The van der Waals surface area contributed by atoms with E-state index in [9.17, 15) is 13.2 Å². The van der Waals surface area contributed by atoms with Gasteiger partial charge in [-0.15, -0.1) is 0 Å². The predicted molar refractivity (Wildman–Crippen MR) is 130 cm³/mol. The first-order valence-corrected chi connectivity index (χ1v) is 12.5. The molecular formula is C24H34N2O6S. The smallest absolute Gasteiger partial charge is 0.243 e. The highest BCUT2D eigenvalue weighted by Gasteiger charge is 2.29. The van der Waals surface area contributed by atoms with Crippen LogP contribution in [-0.4, -0.2) is 54.0 Å². The van der Waals surface area contributed by atoms with Gasteiger partial charge in [0.2, 0.25) is 15.9 Å². The van der Waals surface area contributed by atoms with Crippen LogP contribution < -0.4 is 23.8 Å². The van der Waals surface area contributed by atoms with Crippen molar-refractivity contribution in [3.8, 4) is 17.2 Å². The van der Waals surface area contributed by atoms with E-state index in [1.165, 1.54) is 27.2 Å². The van der Waals surface area contributed by atoms with Crippen LogP contribution in [0, 0.1) is 0 Å². The van der Waals surface area contributed by atoms with E-state index in [-0.39, 0.29) is 18.6 Å². The van der Waals surface area contributed by atoms with E-state index in [0.29, 0.717) is 17.2 Å². The minimum atomic E-state index is -3.76. The summed E-state index contributed by atoms with van der Waals surface area (Å²) in [6.45, 7) is 8.32. The Labute approximate surface area is 196 Å². The number of para-hydroxylation sites is 1. The Balaban J connectivity index is 2.09. The van der Waals surface area contributed by atoms with Gasteiger partial charge in [0.15, 0.2) is 11.5 Å². The molecule has 0 radical (unpaired) electrons. The lowest BCUT2D eigenvalue weighted by Gasteiger charge is -2.28. The standard InChI is InChI=1S/C24H34N2O6S/c1-17(26(33(7,28)29)18-12-13-21(30-5)22(16-18)31-6)23(27)25-14-15-32-20-11-9-8-10-19(20)24(2,3)4/h8-13,16-17H,14-15H2,1-7H3,(H,25,27)/t17-/m0/s1. The lowest BCUT2D eigenvalue weighted by Crippen LogP contribution is -2.48. The van der Waals surface area contributed by atoms with Crippen LogP contribution in [0.5, 0.6) is 17.2 Å². The van der Waals surface area contributed by atoms with E-state index < -0.39 is 22.0 Å². The summed E-state index contributed by atoms with van der Waals surface area (Å²) < 4.78 is 42.5. The number of ether oxygens (including phenoxy) is 3. The van der Waals surface area contributed by atoms with Gasteiger partial charge in [0.05, 0.1) is 32.7 Å². The zero-order valence-corrected chi connectivity index (χ0v) is 21.2. The molecule has 1 atom stereocenters. The first-order valence-electron chi connectivity index (χ1n) is 10.6. The fraction of sp³-hybridized carbons (Fsp3) is 0.458. The van der Waals surface area contributed by atoms with Crippen molar-refractivity contribution in [1.29, 1.82) is 0 Å². The number of benzene rings is 2. The number of hydrogen-bond donors (Lipinski definition) is 1. The van der Waals surface area contributed by atoms with Gasteiger partial charge in [0.1, 0.15) is 18.4 Å². The molecule has 0 aromatic heterocycles. The van der Waals surface area contributed by atoms with Gasteiger partial charge in [0, 0.05) is 6.07 Å². The third-order valence-corrected chi connectivity index (χ3v) is 6.31. The number of nitrogens with one attached hydrogen (secondary N) is 1. The number of sulfonamides is 1. The topological polar surface area (TPSA) is 94.2 Å². The van der Waals surface area contributed by atoms with Crippen molar-refractivity contribution < 1.29 is 27.4 Å². The lowest BCUT2D eigenvalue weighted by molar-refractivity contribution is -0.121. The van der Waals surface area contributed by atoms with Crippen LogP contribution in [0.25, 0.3) is 0 Å². The first kappa shape index (κ1) is 26.3. The van der Waals surface area contributed by atoms with Crippen LogP contribution in [0.2, 0.25) is 0 Å². The average molecular weight is 479 g/mol. The molecule has 0 aliphatic heterocycles. The quantitative estimate of drug-likeness (QED) is 0.527. The molecule has 1 amide bonds. The number of nitrogens with zero attached hydrogens (tertiary/aromatic N) is 1. The predicted octanol–water partition coefficient (Wildman–Crippen LogP) is 3.35. The van der Waals surface area contributed by atoms with E-state index in [4.69, 9.17) is 14.2 Å². The second-order valence-corrected chi connectivity index (χ2v) is 10.5. The highest BCUT2D eigenvalue weighted by atomic mass is 32.2. The Morgan fingerprint density at radius 3 is 2.24 bits per heavy atom.